The highest BCUT2D eigenvalue weighted by molar-refractivity contribution is 7.80. The second-order valence-electron chi connectivity index (χ2n) is 6.03. The lowest BCUT2D eigenvalue weighted by Crippen LogP contribution is -2.28. The average Bonchev–Trinajstić information content (AvgIpc) is 2.60. The molecule has 5 heteroatoms. The van der Waals surface area contributed by atoms with Crippen molar-refractivity contribution in [2.24, 2.45) is 5.73 Å². The molecule has 1 heterocycles. The molecule has 0 aliphatic carbocycles. The van der Waals surface area contributed by atoms with Gasteiger partial charge in [-0.25, -0.2) is 0 Å². The van der Waals surface area contributed by atoms with E-state index >= 15 is 0 Å². The Hall–Kier alpha value is -1.17. The number of hydrogen-bond acceptors (Lipinski definition) is 4. The van der Waals surface area contributed by atoms with Crippen molar-refractivity contribution < 1.29 is 9.84 Å². The summed E-state index contributed by atoms with van der Waals surface area (Å²) in [7, 11) is 1.63. The zero-order valence-corrected chi connectivity index (χ0v) is 13.6. The van der Waals surface area contributed by atoms with Gasteiger partial charge < -0.3 is 15.6 Å². The van der Waals surface area contributed by atoms with Gasteiger partial charge in [0.05, 0.1) is 18.3 Å². The van der Waals surface area contributed by atoms with Gasteiger partial charge in [0.15, 0.2) is 0 Å². The molecule has 1 fully saturated rings. The molecule has 0 aromatic heterocycles. The Kier molecular flexibility index (Phi) is 5.19. The molecule has 1 saturated heterocycles. The van der Waals surface area contributed by atoms with Gasteiger partial charge in [-0.05, 0) is 50.4 Å². The maximum Gasteiger partial charge on any atom is 0.129 e. The zero-order chi connectivity index (χ0) is 15.5. The molecule has 1 unspecified atom stereocenters. The van der Waals surface area contributed by atoms with Crippen LogP contribution in [0.15, 0.2) is 18.2 Å². The Morgan fingerprint density at radius 2 is 2.19 bits per heavy atom. The fraction of sp³-hybridized carbons (Fsp3) is 0.562. The number of benzene rings is 1. The number of ether oxygens (including phenoxy) is 1. The van der Waals surface area contributed by atoms with Crippen LogP contribution in [0.3, 0.4) is 0 Å². The van der Waals surface area contributed by atoms with Crippen molar-refractivity contribution in [1.29, 1.82) is 0 Å². The van der Waals surface area contributed by atoms with Gasteiger partial charge in [0.25, 0.3) is 0 Å². The summed E-state index contributed by atoms with van der Waals surface area (Å²) in [5.74, 6) is 0.724. The molecule has 0 amide bonds. The molecule has 1 aliphatic rings. The summed E-state index contributed by atoms with van der Waals surface area (Å²) < 4.78 is 5.37. The van der Waals surface area contributed by atoms with Gasteiger partial charge in [0.2, 0.25) is 0 Å². The van der Waals surface area contributed by atoms with Crippen molar-refractivity contribution in [3.8, 4) is 5.75 Å². The summed E-state index contributed by atoms with van der Waals surface area (Å²) in [6.45, 7) is 4.70. The maximum atomic E-state index is 10.1. The van der Waals surface area contributed by atoms with E-state index in [1.165, 1.54) is 5.56 Å². The average molecular weight is 308 g/mol. The second-order valence-corrected chi connectivity index (χ2v) is 6.47. The first kappa shape index (κ1) is 16.2. The Morgan fingerprint density at radius 3 is 2.86 bits per heavy atom. The molecule has 0 bridgehead atoms. The van der Waals surface area contributed by atoms with Crippen LogP contribution < -0.4 is 10.5 Å². The lowest BCUT2D eigenvalue weighted by atomic mass is 9.98. The number of nitrogens with two attached hydrogens (primary N) is 1. The molecule has 0 saturated carbocycles. The van der Waals surface area contributed by atoms with Crippen LogP contribution in [-0.4, -0.2) is 40.8 Å². The maximum absolute atomic E-state index is 10.1. The first-order chi connectivity index (χ1) is 9.91. The van der Waals surface area contributed by atoms with Crippen LogP contribution in [0.5, 0.6) is 5.75 Å². The van der Waals surface area contributed by atoms with E-state index in [0.29, 0.717) is 4.99 Å². The van der Waals surface area contributed by atoms with E-state index < -0.39 is 5.60 Å². The van der Waals surface area contributed by atoms with Crippen molar-refractivity contribution in [1.82, 2.24) is 4.90 Å². The van der Waals surface area contributed by atoms with Gasteiger partial charge in [0, 0.05) is 13.1 Å². The molecule has 4 nitrogen and oxygen atoms in total. The van der Waals surface area contributed by atoms with Crippen LogP contribution in [-0.2, 0) is 6.54 Å². The molecular weight excluding hydrogens is 284 g/mol. The van der Waals surface area contributed by atoms with E-state index in [0.717, 1.165) is 50.2 Å². The quantitative estimate of drug-likeness (QED) is 0.834. The smallest absolute Gasteiger partial charge is 0.129 e. The van der Waals surface area contributed by atoms with Crippen molar-refractivity contribution in [3.63, 3.8) is 0 Å². The lowest BCUT2D eigenvalue weighted by molar-refractivity contribution is 0.0444. The molecule has 1 atom stereocenters. The van der Waals surface area contributed by atoms with Gasteiger partial charge >= 0.3 is 0 Å². The van der Waals surface area contributed by atoms with Crippen molar-refractivity contribution in [2.75, 3.05) is 20.2 Å². The summed E-state index contributed by atoms with van der Waals surface area (Å²) in [5, 5.41) is 10.1. The predicted octanol–water partition coefficient (Wildman–Crippen LogP) is 2.07. The van der Waals surface area contributed by atoms with E-state index in [2.05, 4.69) is 4.90 Å². The molecule has 3 N–H and O–H groups in total. The summed E-state index contributed by atoms with van der Waals surface area (Å²) in [6.07, 6.45) is 2.71. The van der Waals surface area contributed by atoms with Crippen LogP contribution in [0, 0.1) is 0 Å². The van der Waals surface area contributed by atoms with E-state index in [1.54, 1.807) is 7.11 Å². The normalized spacial score (nSPS) is 23.6. The van der Waals surface area contributed by atoms with Gasteiger partial charge in [-0.2, -0.15) is 0 Å². The highest BCUT2D eigenvalue weighted by atomic mass is 32.1. The standard InChI is InChI=1S/C16H24N2O2S/c1-16(19)6-3-8-18(9-7-16)11-12-4-5-13(15(17)21)14(10-12)20-2/h4-5,10,19H,3,6-9,11H2,1-2H3,(H2,17,21). The van der Waals surface area contributed by atoms with E-state index in [4.69, 9.17) is 22.7 Å². The zero-order valence-electron chi connectivity index (χ0n) is 12.8. The van der Waals surface area contributed by atoms with Crippen molar-refractivity contribution >= 4 is 17.2 Å². The number of hydrogen-bond donors (Lipinski definition) is 2. The minimum atomic E-state index is -0.526. The second kappa shape index (κ2) is 6.73. The van der Waals surface area contributed by atoms with Crippen LogP contribution in [0.1, 0.15) is 37.3 Å². The minimum absolute atomic E-state index is 0.351. The molecule has 1 aliphatic heterocycles. The first-order valence-corrected chi connectivity index (χ1v) is 7.73. The largest absolute Gasteiger partial charge is 0.496 e. The minimum Gasteiger partial charge on any atom is -0.496 e. The number of likely N-dealkylation sites (tertiary alicyclic amines) is 1. The summed E-state index contributed by atoms with van der Waals surface area (Å²) >= 11 is 5.02. The van der Waals surface area contributed by atoms with Crippen molar-refractivity contribution in [3.05, 3.63) is 29.3 Å². The van der Waals surface area contributed by atoms with Gasteiger partial charge in [-0.1, -0.05) is 18.3 Å². The van der Waals surface area contributed by atoms with Gasteiger partial charge in [-0.15, -0.1) is 0 Å². The third kappa shape index (κ3) is 4.40. The number of methoxy groups -OCH3 is 1. The number of nitrogens with zero attached hydrogens (tertiary/aromatic N) is 1. The highest BCUT2D eigenvalue weighted by Crippen LogP contribution is 2.24. The molecule has 21 heavy (non-hydrogen) atoms. The third-order valence-electron chi connectivity index (χ3n) is 4.09. The Morgan fingerprint density at radius 1 is 1.43 bits per heavy atom. The molecule has 1 aromatic carbocycles. The molecule has 0 spiro atoms. The monoisotopic (exact) mass is 308 g/mol. The van der Waals surface area contributed by atoms with Crippen LogP contribution in [0.25, 0.3) is 0 Å². The lowest BCUT2D eigenvalue weighted by Gasteiger charge is -2.22. The van der Waals surface area contributed by atoms with Gasteiger partial charge in [-0.3, -0.25) is 4.90 Å². The highest BCUT2D eigenvalue weighted by Gasteiger charge is 2.24. The van der Waals surface area contributed by atoms with Gasteiger partial charge in [0.1, 0.15) is 10.7 Å². The number of thiocarbonyl (C=S) groups is 1. The SMILES string of the molecule is COc1cc(CN2CCCC(C)(O)CC2)ccc1C(N)=S. The fourth-order valence-corrected chi connectivity index (χ4v) is 2.94. The summed E-state index contributed by atoms with van der Waals surface area (Å²) in [4.78, 5) is 2.72. The molecule has 0 radical (unpaired) electrons. The Labute approximate surface area is 131 Å². The number of rotatable bonds is 4. The fourth-order valence-electron chi connectivity index (χ4n) is 2.77. The summed E-state index contributed by atoms with van der Waals surface area (Å²) in [6, 6.07) is 5.96. The molecular formula is C16H24N2O2S. The Balaban J connectivity index is 2.07. The molecule has 116 valence electrons. The molecule has 2 rings (SSSR count). The first-order valence-electron chi connectivity index (χ1n) is 7.33. The predicted molar refractivity (Wildman–Crippen MR) is 88.6 cm³/mol. The van der Waals surface area contributed by atoms with E-state index in [9.17, 15) is 5.11 Å². The van der Waals surface area contributed by atoms with E-state index in [-0.39, 0.29) is 0 Å². The molecule has 1 aromatic rings. The number of aliphatic hydroxyl groups is 1. The van der Waals surface area contributed by atoms with Crippen LogP contribution in [0.4, 0.5) is 0 Å². The topological polar surface area (TPSA) is 58.7 Å². The van der Waals surface area contributed by atoms with E-state index in [1.807, 2.05) is 25.1 Å². The van der Waals surface area contributed by atoms with Crippen LogP contribution in [0.2, 0.25) is 0 Å². The third-order valence-corrected chi connectivity index (χ3v) is 4.31. The Bertz CT molecular complexity index is 517. The summed E-state index contributed by atoms with van der Waals surface area (Å²) in [5.41, 5.74) is 7.11. The van der Waals surface area contributed by atoms with Crippen molar-refractivity contribution in [2.45, 2.75) is 38.3 Å². The van der Waals surface area contributed by atoms with Crippen LogP contribution >= 0.6 is 12.2 Å².